The van der Waals surface area contributed by atoms with Gasteiger partial charge in [-0.3, -0.25) is 0 Å². The first-order valence-electron chi connectivity index (χ1n) is 6.02. The number of nitrogens with one attached hydrogen (secondary N) is 1. The molecule has 0 aromatic heterocycles. The Hall–Kier alpha value is -0.0800. The lowest BCUT2D eigenvalue weighted by Crippen LogP contribution is -2.36. The molecule has 3 unspecified atom stereocenters. The standard InChI is InChI=1S/C12H24N2/c1-10-6-14(7-11(10)2)9-12(3)4-5-13-8-12/h10-11,13H,4-9H2,1-3H3. The van der Waals surface area contributed by atoms with Gasteiger partial charge in [0.15, 0.2) is 0 Å². The van der Waals surface area contributed by atoms with E-state index < -0.39 is 0 Å². The molecule has 2 heteroatoms. The Labute approximate surface area is 88.1 Å². The van der Waals surface area contributed by atoms with Gasteiger partial charge in [-0.15, -0.1) is 0 Å². The molecule has 1 N–H and O–H groups in total. The fourth-order valence-electron chi connectivity index (χ4n) is 2.92. The first-order valence-corrected chi connectivity index (χ1v) is 6.02. The third kappa shape index (κ3) is 2.12. The highest BCUT2D eigenvalue weighted by Crippen LogP contribution is 2.30. The molecule has 0 aromatic rings. The maximum Gasteiger partial charge on any atom is 0.00482 e. The Morgan fingerprint density at radius 3 is 2.43 bits per heavy atom. The SMILES string of the molecule is CC1CN(CC2(C)CCNC2)CC1C. The Balaban J connectivity index is 1.86. The van der Waals surface area contributed by atoms with Gasteiger partial charge in [0.1, 0.15) is 0 Å². The van der Waals surface area contributed by atoms with E-state index in [0.29, 0.717) is 5.41 Å². The van der Waals surface area contributed by atoms with Gasteiger partial charge < -0.3 is 10.2 Å². The molecule has 14 heavy (non-hydrogen) atoms. The maximum atomic E-state index is 3.48. The van der Waals surface area contributed by atoms with Crippen LogP contribution < -0.4 is 5.32 Å². The minimum atomic E-state index is 0.545. The molecule has 0 aromatic carbocycles. The summed E-state index contributed by atoms with van der Waals surface area (Å²) in [5.74, 6) is 1.79. The van der Waals surface area contributed by atoms with Gasteiger partial charge in [0.05, 0.1) is 0 Å². The Morgan fingerprint density at radius 1 is 1.29 bits per heavy atom. The van der Waals surface area contributed by atoms with E-state index in [-0.39, 0.29) is 0 Å². The molecule has 0 saturated carbocycles. The molecule has 0 spiro atoms. The average molecular weight is 196 g/mol. The molecular formula is C12H24N2. The van der Waals surface area contributed by atoms with Gasteiger partial charge in [0.2, 0.25) is 0 Å². The van der Waals surface area contributed by atoms with Crippen LogP contribution in [0.25, 0.3) is 0 Å². The van der Waals surface area contributed by atoms with E-state index in [1.165, 1.54) is 39.1 Å². The van der Waals surface area contributed by atoms with Crippen LogP contribution in [0.2, 0.25) is 0 Å². The smallest absolute Gasteiger partial charge is 0.00482 e. The Bertz CT molecular complexity index is 186. The van der Waals surface area contributed by atoms with Crippen molar-refractivity contribution in [3.05, 3.63) is 0 Å². The largest absolute Gasteiger partial charge is 0.316 e. The van der Waals surface area contributed by atoms with Crippen molar-refractivity contribution in [2.24, 2.45) is 17.3 Å². The maximum absolute atomic E-state index is 3.48. The summed E-state index contributed by atoms with van der Waals surface area (Å²) in [6.45, 7) is 13.6. The van der Waals surface area contributed by atoms with Crippen LogP contribution in [-0.4, -0.2) is 37.6 Å². The Kier molecular flexibility index (Phi) is 2.85. The number of rotatable bonds is 2. The summed E-state index contributed by atoms with van der Waals surface area (Å²) in [5.41, 5.74) is 0.545. The summed E-state index contributed by atoms with van der Waals surface area (Å²) in [7, 11) is 0. The van der Waals surface area contributed by atoms with Gasteiger partial charge in [-0.2, -0.15) is 0 Å². The normalized spacial score (nSPS) is 44.8. The van der Waals surface area contributed by atoms with Crippen LogP contribution >= 0.6 is 0 Å². The second kappa shape index (κ2) is 3.82. The quantitative estimate of drug-likeness (QED) is 0.721. The molecule has 2 aliphatic rings. The predicted octanol–water partition coefficient (Wildman–Crippen LogP) is 1.57. The molecular weight excluding hydrogens is 172 g/mol. The van der Waals surface area contributed by atoms with E-state index in [9.17, 15) is 0 Å². The third-order valence-electron chi connectivity index (χ3n) is 4.13. The van der Waals surface area contributed by atoms with Crippen LogP contribution in [0.15, 0.2) is 0 Å². The number of hydrogen-bond acceptors (Lipinski definition) is 2. The van der Waals surface area contributed by atoms with E-state index in [2.05, 4.69) is 31.0 Å². The van der Waals surface area contributed by atoms with Crippen LogP contribution in [0.5, 0.6) is 0 Å². The average Bonchev–Trinajstić information content (AvgIpc) is 2.62. The van der Waals surface area contributed by atoms with Crippen LogP contribution in [0, 0.1) is 17.3 Å². The summed E-state index contributed by atoms with van der Waals surface area (Å²) in [5, 5.41) is 3.48. The van der Waals surface area contributed by atoms with Gasteiger partial charge in [0, 0.05) is 26.2 Å². The van der Waals surface area contributed by atoms with Gasteiger partial charge in [0.25, 0.3) is 0 Å². The second-order valence-corrected chi connectivity index (χ2v) is 5.89. The number of hydrogen-bond donors (Lipinski definition) is 1. The van der Waals surface area contributed by atoms with Crippen LogP contribution in [0.1, 0.15) is 27.2 Å². The lowest BCUT2D eigenvalue weighted by atomic mass is 9.89. The van der Waals surface area contributed by atoms with Crippen molar-refractivity contribution in [1.82, 2.24) is 10.2 Å². The molecule has 2 rings (SSSR count). The van der Waals surface area contributed by atoms with Crippen molar-refractivity contribution >= 4 is 0 Å². The molecule has 2 saturated heterocycles. The number of nitrogens with zero attached hydrogens (tertiary/aromatic N) is 1. The second-order valence-electron chi connectivity index (χ2n) is 5.89. The lowest BCUT2D eigenvalue weighted by molar-refractivity contribution is 0.202. The van der Waals surface area contributed by atoms with Crippen molar-refractivity contribution in [2.75, 3.05) is 32.7 Å². The molecule has 0 bridgehead atoms. The molecule has 2 nitrogen and oxygen atoms in total. The fourth-order valence-corrected chi connectivity index (χ4v) is 2.92. The van der Waals surface area contributed by atoms with Crippen molar-refractivity contribution in [2.45, 2.75) is 27.2 Å². The van der Waals surface area contributed by atoms with E-state index in [1.54, 1.807) is 0 Å². The highest BCUT2D eigenvalue weighted by molar-refractivity contribution is 4.89. The molecule has 2 heterocycles. The first kappa shape index (κ1) is 10.4. The zero-order valence-corrected chi connectivity index (χ0v) is 9.84. The summed E-state index contributed by atoms with van der Waals surface area (Å²) in [4.78, 5) is 2.67. The van der Waals surface area contributed by atoms with Crippen LogP contribution in [-0.2, 0) is 0 Å². The minimum Gasteiger partial charge on any atom is -0.316 e. The zero-order chi connectivity index (χ0) is 10.2. The van der Waals surface area contributed by atoms with Gasteiger partial charge >= 0.3 is 0 Å². The molecule has 2 fully saturated rings. The topological polar surface area (TPSA) is 15.3 Å². The fraction of sp³-hybridized carbons (Fsp3) is 1.00. The summed E-state index contributed by atoms with van der Waals surface area (Å²) >= 11 is 0. The third-order valence-corrected chi connectivity index (χ3v) is 4.13. The van der Waals surface area contributed by atoms with Crippen molar-refractivity contribution < 1.29 is 0 Å². The zero-order valence-electron chi connectivity index (χ0n) is 9.84. The van der Waals surface area contributed by atoms with E-state index in [0.717, 1.165) is 11.8 Å². The molecule has 0 radical (unpaired) electrons. The molecule has 2 aliphatic heterocycles. The molecule has 0 aliphatic carbocycles. The molecule has 3 atom stereocenters. The van der Waals surface area contributed by atoms with Gasteiger partial charge in [-0.25, -0.2) is 0 Å². The van der Waals surface area contributed by atoms with E-state index in [1.807, 2.05) is 0 Å². The first-order chi connectivity index (χ1) is 6.59. The summed E-state index contributed by atoms with van der Waals surface area (Å²) in [6, 6.07) is 0. The number of likely N-dealkylation sites (tertiary alicyclic amines) is 1. The minimum absolute atomic E-state index is 0.545. The molecule has 82 valence electrons. The van der Waals surface area contributed by atoms with Crippen molar-refractivity contribution in [3.63, 3.8) is 0 Å². The monoisotopic (exact) mass is 196 g/mol. The van der Waals surface area contributed by atoms with Crippen LogP contribution in [0.4, 0.5) is 0 Å². The highest BCUT2D eigenvalue weighted by atomic mass is 15.2. The lowest BCUT2D eigenvalue weighted by Gasteiger charge is -2.29. The molecule has 0 amide bonds. The predicted molar refractivity (Wildman–Crippen MR) is 60.4 cm³/mol. The van der Waals surface area contributed by atoms with Crippen LogP contribution in [0.3, 0.4) is 0 Å². The summed E-state index contributed by atoms with van der Waals surface area (Å²) in [6.07, 6.45) is 1.35. The Morgan fingerprint density at radius 2 is 1.93 bits per heavy atom. The van der Waals surface area contributed by atoms with E-state index >= 15 is 0 Å². The van der Waals surface area contributed by atoms with E-state index in [4.69, 9.17) is 0 Å². The van der Waals surface area contributed by atoms with Gasteiger partial charge in [-0.1, -0.05) is 20.8 Å². The van der Waals surface area contributed by atoms with Crippen molar-refractivity contribution in [1.29, 1.82) is 0 Å². The summed E-state index contributed by atoms with van der Waals surface area (Å²) < 4.78 is 0. The highest BCUT2D eigenvalue weighted by Gasteiger charge is 2.34. The van der Waals surface area contributed by atoms with Gasteiger partial charge in [-0.05, 0) is 30.2 Å². The van der Waals surface area contributed by atoms with Crippen molar-refractivity contribution in [3.8, 4) is 0 Å².